The predicted octanol–water partition coefficient (Wildman–Crippen LogP) is 2.80. The van der Waals surface area contributed by atoms with Crippen molar-refractivity contribution in [3.05, 3.63) is 0 Å². The van der Waals surface area contributed by atoms with Gasteiger partial charge in [-0.1, -0.05) is 6.42 Å². The molecule has 0 saturated carbocycles. The van der Waals surface area contributed by atoms with E-state index in [0.29, 0.717) is 12.1 Å². The van der Waals surface area contributed by atoms with Crippen LogP contribution in [0.2, 0.25) is 0 Å². The quantitative estimate of drug-likeness (QED) is 0.848. The van der Waals surface area contributed by atoms with Crippen LogP contribution < -0.4 is 5.32 Å². The molecule has 2 heterocycles. The molecule has 1 N–H and O–H groups in total. The number of nitrogens with zero attached hydrogens (tertiary/aromatic N) is 1. The first-order valence-corrected chi connectivity index (χ1v) is 7.98. The van der Waals surface area contributed by atoms with Crippen molar-refractivity contribution in [1.29, 1.82) is 0 Å². The zero-order valence-electron chi connectivity index (χ0n) is 13.5. The molecule has 0 aromatic rings. The molecular weight excluding hydrogens is 236 g/mol. The Morgan fingerprint density at radius 2 is 1.79 bits per heavy atom. The lowest BCUT2D eigenvalue weighted by Crippen LogP contribution is -2.49. The van der Waals surface area contributed by atoms with Gasteiger partial charge in [0.2, 0.25) is 0 Å². The van der Waals surface area contributed by atoms with Crippen molar-refractivity contribution in [3.8, 4) is 0 Å². The van der Waals surface area contributed by atoms with E-state index in [2.05, 4.69) is 44.8 Å². The number of nitrogens with one attached hydrogen (secondary N) is 1. The Kier molecular flexibility index (Phi) is 4.59. The van der Waals surface area contributed by atoms with Crippen molar-refractivity contribution in [1.82, 2.24) is 10.2 Å². The van der Waals surface area contributed by atoms with Gasteiger partial charge in [-0.15, -0.1) is 0 Å². The lowest BCUT2D eigenvalue weighted by atomic mass is 9.94. The minimum atomic E-state index is -0.0505. The van der Waals surface area contributed by atoms with E-state index in [1.807, 2.05) is 0 Å². The first-order valence-electron chi connectivity index (χ1n) is 7.98. The average molecular weight is 268 g/mol. The topological polar surface area (TPSA) is 24.5 Å². The van der Waals surface area contributed by atoms with E-state index in [0.717, 1.165) is 13.0 Å². The molecule has 112 valence electrons. The highest BCUT2D eigenvalue weighted by Gasteiger charge is 2.45. The monoisotopic (exact) mass is 268 g/mol. The third-order valence-corrected chi connectivity index (χ3v) is 4.75. The third kappa shape index (κ3) is 3.93. The maximum atomic E-state index is 6.15. The van der Waals surface area contributed by atoms with Gasteiger partial charge in [0.25, 0.3) is 0 Å². The number of hydrogen-bond donors (Lipinski definition) is 1. The van der Waals surface area contributed by atoms with Crippen molar-refractivity contribution in [3.63, 3.8) is 0 Å². The summed E-state index contributed by atoms with van der Waals surface area (Å²) in [4.78, 5) is 2.63. The zero-order chi connectivity index (χ0) is 14.1. The average Bonchev–Trinajstić information content (AvgIpc) is 2.55. The van der Waals surface area contributed by atoms with Crippen LogP contribution in [-0.4, -0.2) is 47.8 Å². The third-order valence-electron chi connectivity index (χ3n) is 4.75. The maximum absolute atomic E-state index is 6.15. The summed E-state index contributed by atoms with van der Waals surface area (Å²) >= 11 is 0. The van der Waals surface area contributed by atoms with E-state index in [1.54, 1.807) is 0 Å². The van der Waals surface area contributed by atoms with Crippen molar-refractivity contribution in [2.75, 3.05) is 19.6 Å². The van der Waals surface area contributed by atoms with E-state index >= 15 is 0 Å². The standard InChI is InChI=1S/C16H32N2O/c1-13(18-9-7-6-8-10-18)12-17-14-11-15(2,3)19-16(14,4)5/h13-14,17H,6-12H2,1-5H3. The van der Waals surface area contributed by atoms with Gasteiger partial charge >= 0.3 is 0 Å². The Morgan fingerprint density at radius 1 is 1.16 bits per heavy atom. The lowest BCUT2D eigenvalue weighted by molar-refractivity contribution is -0.0700. The molecule has 2 unspecified atom stereocenters. The molecule has 2 fully saturated rings. The molecule has 0 amide bonds. The van der Waals surface area contributed by atoms with Gasteiger partial charge in [0.05, 0.1) is 11.2 Å². The molecule has 3 nitrogen and oxygen atoms in total. The van der Waals surface area contributed by atoms with E-state index in [9.17, 15) is 0 Å². The van der Waals surface area contributed by atoms with Gasteiger partial charge in [0.1, 0.15) is 0 Å². The highest BCUT2D eigenvalue weighted by molar-refractivity contribution is 4.99. The summed E-state index contributed by atoms with van der Waals surface area (Å²) in [6.45, 7) is 14.8. The molecule has 0 aromatic carbocycles. The molecule has 2 saturated heterocycles. The molecule has 2 aliphatic rings. The van der Waals surface area contributed by atoms with E-state index in [4.69, 9.17) is 4.74 Å². The van der Waals surface area contributed by atoms with Crippen LogP contribution in [0.3, 0.4) is 0 Å². The Labute approximate surface area is 119 Å². The van der Waals surface area contributed by atoms with Gasteiger partial charge in [-0.25, -0.2) is 0 Å². The van der Waals surface area contributed by atoms with E-state index < -0.39 is 0 Å². The van der Waals surface area contributed by atoms with Crippen LogP contribution in [0, 0.1) is 0 Å². The first-order chi connectivity index (χ1) is 8.80. The molecule has 2 rings (SSSR count). The smallest absolute Gasteiger partial charge is 0.0787 e. The molecular formula is C16H32N2O. The molecule has 19 heavy (non-hydrogen) atoms. The molecule has 0 spiro atoms. The van der Waals surface area contributed by atoms with Gasteiger partial charge in [-0.05, 0) is 67.0 Å². The summed E-state index contributed by atoms with van der Waals surface area (Å²) < 4.78 is 6.15. The molecule has 0 bridgehead atoms. The Morgan fingerprint density at radius 3 is 2.32 bits per heavy atom. The summed E-state index contributed by atoms with van der Waals surface area (Å²) in [6, 6.07) is 1.11. The summed E-state index contributed by atoms with van der Waals surface area (Å²) in [5.41, 5.74) is -0.0410. The predicted molar refractivity (Wildman–Crippen MR) is 80.5 cm³/mol. The number of ether oxygens (including phenoxy) is 1. The second kappa shape index (κ2) is 5.71. The van der Waals surface area contributed by atoms with Crippen molar-refractivity contribution >= 4 is 0 Å². The summed E-state index contributed by atoms with van der Waals surface area (Å²) in [5.74, 6) is 0. The lowest BCUT2D eigenvalue weighted by Gasteiger charge is -2.34. The zero-order valence-corrected chi connectivity index (χ0v) is 13.5. The van der Waals surface area contributed by atoms with Crippen molar-refractivity contribution in [2.24, 2.45) is 0 Å². The minimum absolute atomic E-state index is 0.00945. The Hall–Kier alpha value is -0.120. The van der Waals surface area contributed by atoms with Gasteiger partial charge in [-0.2, -0.15) is 0 Å². The Balaban J connectivity index is 1.81. The maximum Gasteiger partial charge on any atom is 0.0787 e. The largest absolute Gasteiger partial charge is 0.368 e. The number of piperidine rings is 1. The fraction of sp³-hybridized carbons (Fsp3) is 1.00. The number of likely N-dealkylation sites (tertiary alicyclic amines) is 1. The molecule has 2 atom stereocenters. The van der Waals surface area contributed by atoms with Gasteiger partial charge in [0, 0.05) is 18.6 Å². The van der Waals surface area contributed by atoms with E-state index in [-0.39, 0.29) is 11.2 Å². The molecule has 0 aromatic heterocycles. The van der Waals surface area contributed by atoms with Crippen LogP contribution in [0.25, 0.3) is 0 Å². The SMILES string of the molecule is CC(CNC1CC(C)(C)OC1(C)C)N1CCCCC1. The van der Waals surface area contributed by atoms with Crippen LogP contribution in [0.4, 0.5) is 0 Å². The molecule has 0 radical (unpaired) electrons. The summed E-state index contributed by atoms with van der Waals surface area (Å²) in [7, 11) is 0. The molecule has 0 aliphatic carbocycles. The van der Waals surface area contributed by atoms with Gasteiger partial charge in [0.15, 0.2) is 0 Å². The molecule has 2 aliphatic heterocycles. The van der Waals surface area contributed by atoms with Gasteiger partial charge in [-0.3, -0.25) is 4.90 Å². The second-order valence-electron chi connectivity index (χ2n) is 7.58. The van der Waals surface area contributed by atoms with Crippen LogP contribution in [0.15, 0.2) is 0 Å². The van der Waals surface area contributed by atoms with Crippen molar-refractivity contribution < 1.29 is 4.74 Å². The highest BCUT2D eigenvalue weighted by atomic mass is 16.5. The van der Waals surface area contributed by atoms with Gasteiger partial charge < -0.3 is 10.1 Å². The normalized spacial score (nSPS) is 32.4. The second-order valence-corrected chi connectivity index (χ2v) is 7.58. The number of hydrogen-bond acceptors (Lipinski definition) is 3. The Bertz CT molecular complexity index is 295. The highest BCUT2D eigenvalue weighted by Crippen LogP contribution is 2.37. The van der Waals surface area contributed by atoms with Crippen molar-refractivity contribution in [2.45, 2.75) is 83.6 Å². The summed E-state index contributed by atoms with van der Waals surface area (Å²) in [5, 5.41) is 3.76. The fourth-order valence-corrected chi connectivity index (χ4v) is 3.68. The number of rotatable bonds is 4. The van der Waals surface area contributed by atoms with Crippen LogP contribution in [0.1, 0.15) is 60.3 Å². The first kappa shape index (κ1) is 15.3. The van der Waals surface area contributed by atoms with E-state index in [1.165, 1.54) is 32.4 Å². The fourth-order valence-electron chi connectivity index (χ4n) is 3.68. The van der Waals surface area contributed by atoms with Crippen LogP contribution in [0.5, 0.6) is 0 Å². The van der Waals surface area contributed by atoms with Crippen LogP contribution >= 0.6 is 0 Å². The van der Waals surface area contributed by atoms with Crippen LogP contribution in [-0.2, 0) is 4.74 Å². The molecule has 3 heteroatoms. The summed E-state index contributed by atoms with van der Waals surface area (Å²) in [6.07, 6.45) is 5.26. The minimum Gasteiger partial charge on any atom is -0.368 e.